The van der Waals surface area contributed by atoms with Gasteiger partial charge in [0.1, 0.15) is 11.7 Å². The maximum atomic E-state index is 12.3. The van der Waals surface area contributed by atoms with Crippen LogP contribution in [0.25, 0.3) is 16.9 Å². The van der Waals surface area contributed by atoms with E-state index in [-0.39, 0.29) is 11.6 Å². The first-order valence-corrected chi connectivity index (χ1v) is 9.50. The summed E-state index contributed by atoms with van der Waals surface area (Å²) in [6.45, 7) is 0. The van der Waals surface area contributed by atoms with Gasteiger partial charge in [-0.2, -0.15) is 15.1 Å². The van der Waals surface area contributed by atoms with E-state index in [1.807, 2.05) is 41.8 Å². The maximum Gasteiger partial charge on any atom is 0.352 e. The third kappa shape index (κ3) is 3.65. The summed E-state index contributed by atoms with van der Waals surface area (Å²) < 4.78 is 1.65. The molecule has 1 aromatic carbocycles. The molecule has 138 valence electrons. The van der Waals surface area contributed by atoms with Crippen molar-refractivity contribution in [3.8, 4) is 18.0 Å². The van der Waals surface area contributed by atoms with Crippen LogP contribution in [0.2, 0.25) is 0 Å². The molecule has 0 unspecified atom stereocenters. The summed E-state index contributed by atoms with van der Waals surface area (Å²) in [5.41, 5.74) is 2.06. The minimum absolute atomic E-state index is 0.213. The lowest BCUT2D eigenvalue weighted by molar-refractivity contribution is -0.599. The van der Waals surface area contributed by atoms with E-state index in [4.69, 9.17) is 0 Å². The molecule has 0 bridgehead atoms. The summed E-state index contributed by atoms with van der Waals surface area (Å²) in [5.74, 6) is -0.919. The number of hydrogen-bond acceptors (Lipinski definition) is 6. The molecule has 1 N–H and O–H groups in total. The fourth-order valence-electron chi connectivity index (χ4n) is 2.82. The number of para-hydroxylation sites is 2. The molecule has 4 rings (SSSR count). The molecule has 1 amide bonds. The third-order valence-electron chi connectivity index (χ3n) is 4.16. The first-order chi connectivity index (χ1) is 14.2. The van der Waals surface area contributed by atoms with E-state index in [1.165, 1.54) is 11.3 Å². The fraction of sp³-hybridized carbons (Fsp3) is 0.0476. The lowest BCUT2D eigenvalue weighted by atomic mass is 10.1. The molecule has 0 aliphatic rings. The maximum absolute atomic E-state index is 12.3. The number of aromatic nitrogens is 3. The molecular weight excluding hydrogens is 384 g/mol. The number of fused-ring (bicyclic) bond motifs is 1. The number of carbonyl (C=O) groups is 1. The van der Waals surface area contributed by atoms with Gasteiger partial charge in [0, 0.05) is 0 Å². The number of anilines is 1. The average Bonchev–Trinajstić information content (AvgIpc) is 3.29. The van der Waals surface area contributed by atoms with Crippen LogP contribution in [0.3, 0.4) is 0 Å². The van der Waals surface area contributed by atoms with Gasteiger partial charge >= 0.3 is 5.82 Å². The van der Waals surface area contributed by atoms with Crippen LogP contribution in [0.4, 0.5) is 5.69 Å². The molecule has 3 aromatic heterocycles. The van der Waals surface area contributed by atoms with Crippen LogP contribution in [-0.2, 0) is 0 Å². The van der Waals surface area contributed by atoms with E-state index in [2.05, 4.69) is 15.3 Å². The lowest BCUT2D eigenvalue weighted by Gasteiger charge is -2.07. The number of rotatable bonds is 4. The Labute approximate surface area is 170 Å². The molecule has 0 fully saturated rings. The number of amides is 1. The average molecular weight is 397 g/mol. The number of thiophene rings is 1. The van der Waals surface area contributed by atoms with Crippen LogP contribution in [-0.4, -0.2) is 15.9 Å². The van der Waals surface area contributed by atoms with Crippen LogP contribution in [0.5, 0.6) is 0 Å². The Bertz CT molecular complexity index is 1270. The molecule has 3 heterocycles. The predicted octanol–water partition coefficient (Wildman–Crippen LogP) is 3.35. The van der Waals surface area contributed by atoms with Gasteiger partial charge in [-0.05, 0) is 40.7 Å². The van der Waals surface area contributed by atoms with E-state index < -0.39 is 5.92 Å². The van der Waals surface area contributed by atoms with Gasteiger partial charge < -0.3 is 5.32 Å². The highest BCUT2D eigenvalue weighted by atomic mass is 32.1. The van der Waals surface area contributed by atoms with Crippen molar-refractivity contribution in [3.63, 3.8) is 0 Å². The largest absolute Gasteiger partial charge is 0.352 e. The second-order valence-corrected chi connectivity index (χ2v) is 6.99. The number of pyridine rings is 1. The monoisotopic (exact) mass is 397 g/mol. The standard InChI is InChI=1S/C21H12N6OS/c22-11-14(12-23)19-20(26-17-7-2-1-6-16(17)25-19)27-9-3-5-15(13-27)24-21(28)18-8-4-10-29-18/h1-10,13-14H/p+1. The Morgan fingerprint density at radius 2 is 1.79 bits per heavy atom. The number of benzene rings is 1. The summed E-state index contributed by atoms with van der Waals surface area (Å²) in [6.07, 6.45) is 3.41. The molecular formula is C21H13N6OS+. The normalized spacial score (nSPS) is 10.4. The highest BCUT2D eigenvalue weighted by Gasteiger charge is 2.26. The number of nitriles is 2. The third-order valence-corrected chi connectivity index (χ3v) is 5.03. The Morgan fingerprint density at radius 1 is 1.03 bits per heavy atom. The smallest absolute Gasteiger partial charge is 0.318 e. The van der Waals surface area contributed by atoms with Crippen LogP contribution in [0, 0.1) is 22.7 Å². The quantitative estimate of drug-likeness (QED) is 0.532. The zero-order valence-corrected chi connectivity index (χ0v) is 15.8. The van der Waals surface area contributed by atoms with Gasteiger partial charge in [0.15, 0.2) is 11.6 Å². The number of carbonyl (C=O) groups excluding carboxylic acids is 1. The molecule has 0 aliphatic heterocycles. The topological polar surface area (TPSA) is 106 Å². The Hall–Kier alpha value is -4.14. The summed E-state index contributed by atoms with van der Waals surface area (Å²) in [5, 5.41) is 23.5. The van der Waals surface area contributed by atoms with Crippen molar-refractivity contribution in [1.29, 1.82) is 10.5 Å². The second-order valence-electron chi connectivity index (χ2n) is 6.04. The van der Waals surface area contributed by atoms with Gasteiger partial charge in [-0.15, -0.1) is 11.3 Å². The molecule has 0 aliphatic carbocycles. The molecule has 4 aromatic rings. The molecule has 0 saturated heterocycles. The van der Waals surface area contributed by atoms with Crippen molar-refractivity contribution in [2.75, 3.05) is 5.32 Å². The number of hydrogen-bond donors (Lipinski definition) is 1. The molecule has 0 saturated carbocycles. The summed E-state index contributed by atoms with van der Waals surface area (Å²) in [6, 6.07) is 18.2. The van der Waals surface area contributed by atoms with Crippen LogP contribution in [0.15, 0.2) is 66.3 Å². The van der Waals surface area contributed by atoms with E-state index in [0.717, 1.165) is 0 Å². The Balaban J connectivity index is 1.80. The zero-order chi connectivity index (χ0) is 20.2. The zero-order valence-electron chi connectivity index (χ0n) is 15.0. The summed E-state index contributed by atoms with van der Waals surface area (Å²) in [4.78, 5) is 22.1. The fourth-order valence-corrected chi connectivity index (χ4v) is 3.44. The van der Waals surface area contributed by atoms with E-state index in [1.54, 1.807) is 41.2 Å². The number of nitrogens with zero attached hydrogens (tertiary/aromatic N) is 5. The highest BCUT2D eigenvalue weighted by molar-refractivity contribution is 7.12. The van der Waals surface area contributed by atoms with Crippen molar-refractivity contribution >= 4 is 34.0 Å². The lowest BCUT2D eigenvalue weighted by Crippen LogP contribution is -2.34. The van der Waals surface area contributed by atoms with Gasteiger partial charge in [-0.3, -0.25) is 4.79 Å². The molecule has 8 heteroatoms. The molecule has 29 heavy (non-hydrogen) atoms. The van der Waals surface area contributed by atoms with Crippen molar-refractivity contribution < 1.29 is 9.36 Å². The summed E-state index contributed by atoms with van der Waals surface area (Å²) in [7, 11) is 0. The first kappa shape index (κ1) is 18.2. The van der Waals surface area contributed by atoms with Crippen molar-refractivity contribution in [1.82, 2.24) is 9.97 Å². The van der Waals surface area contributed by atoms with Gasteiger partial charge in [0.25, 0.3) is 5.91 Å². The van der Waals surface area contributed by atoms with E-state index >= 15 is 0 Å². The molecule has 0 radical (unpaired) electrons. The van der Waals surface area contributed by atoms with Crippen LogP contribution in [0.1, 0.15) is 21.3 Å². The van der Waals surface area contributed by atoms with Gasteiger partial charge in [-0.25, -0.2) is 4.98 Å². The van der Waals surface area contributed by atoms with E-state index in [0.29, 0.717) is 27.4 Å². The number of nitrogens with one attached hydrogen (secondary N) is 1. The Kier molecular flexibility index (Phi) is 4.93. The van der Waals surface area contributed by atoms with Crippen molar-refractivity contribution in [2.24, 2.45) is 0 Å². The molecule has 7 nitrogen and oxygen atoms in total. The minimum atomic E-state index is -1.07. The van der Waals surface area contributed by atoms with Crippen molar-refractivity contribution in [2.45, 2.75) is 5.92 Å². The molecule has 0 atom stereocenters. The predicted molar refractivity (Wildman–Crippen MR) is 107 cm³/mol. The van der Waals surface area contributed by atoms with Crippen LogP contribution >= 0.6 is 11.3 Å². The SMILES string of the molecule is N#CC(C#N)c1nc2ccccc2nc1-[n+]1cccc(NC(=O)c2cccs2)c1. The highest BCUT2D eigenvalue weighted by Crippen LogP contribution is 2.20. The summed E-state index contributed by atoms with van der Waals surface area (Å²) >= 11 is 1.35. The first-order valence-electron chi connectivity index (χ1n) is 8.62. The second kappa shape index (κ2) is 7.85. The van der Waals surface area contributed by atoms with Gasteiger partial charge in [0.05, 0.1) is 28.9 Å². The van der Waals surface area contributed by atoms with Crippen LogP contribution < -0.4 is 9.88 Å². The van der Waals surface area contributed by atoms with Gasteiger partial charge in [-0.1, -0.05) is 18.2 Å². The van der Waals surface area contributed by atoms with Gasteiger partial charge in [0.2, 0.25) is 5.52 Å². The Morgan fingerprint density at radius 3 is 2.48 bits per heavy atom. The minimum Gasteiger partial charge on any atom is -0.318 e. The molecule has 0 spiro atoms. The van der Waals surface area contributed by atoms with E-state index in [9.17, 15) is 15.3 Å². The van der Waals surface area contributed by atoms with Crippen molar-refractivity contribution in [3.05, 3.63) is 76.9 Å².